The van der Waals surface area contributed by atoms with E-state index in [1.807, 2.05) is 13.0 Å². The van der Waals surface area contributed by atoms with E-state index in [4.69, 9.17) is 0 Å². The van der Waals surface area contributed by atoms with Crippen LogP contribution in [-0.4, -0.2) is 33.6 Å². The van der Waals surface area contributed by atoms with Gasteiger partial charge in [-0.05, 0) is 79.8 Å². The van der Waals surface area contributed by atoms with Crippen LogP contribution >= 0.6 is 0 Å². The maximum Gasteiger partial charge on any atom is 0.314 e. The van der Waals surface area contributed by atoms with Gasteiger partial charge < -0.3 is 10.6 Å². The lowest BCUT2D eigenvalue weighted by atomic mass is 9.92. The molecule has 37 heavy (non-hydrogen) atoms. The highest BCUT2D eigenvalue weighted by molar-refractivity contribution is 7.92. The number of halogens is 2. The van der Waals surface area contributed by atoms with Gasteiger partial charge in [-0.15, -0.1) is 0 Å². The molecule has 4 rings (SSSR count). The summed E-state index contributed by atoms with van der Waals surface area (Å²) in [5, 5.41) is 5.37. The molecule has 0 aromatic heterocycles. The first kappa shape index (κ1) is 26.3. The lowest BCUT2D eigenvalue weighted by Crippen LogP contribution is -2.57. The van der Waals surface area contributed by atoms with Crippen molar-refractivity contribution < 1.29 is 22.0 Å². The molecule has 9 heteroatoms. The molecule has 3 aromatic carbocycles. The van der Waals surface area contributed by atoms with Crippen molar-refractivity contribution in [2.75, 3.05) is 11.4 Å². The van der Waals surface area contributed by atoms with Crippen LogP contribution in [0.15, 0.2) is 65.6 Å². The number of aryl methyl sites for hydroxylation is 1. The Hall–Kier alpha value is -3.72. The standard InChI is InChI=1S/C28H29F2N3O3S/c1-17-7-5-8-22(13-17)37(35,36)33-19(3)25(32-28(34)31-4)16-21-12-11-20(15-26(21)33)14-18(2)27-23(29)9-6-10-24(27)30/h5-15,19,25H,16H2,1-4H3,(H2,31,32,34)/b18-14+/t19-,25-/m1/s1. The van der Waals surface area contributed by atoms with E-state index in [0.29, 0.717) is 23.2 Å². The lowest BCUT2D eigenvalue weighted by Gasteiger charge is -2.41. The van der Waals surface area contributed by atoms with Gasteiger partial charge in [0.15, 0.2) is 0 Å². The van der Waals surface area contributed by atoms with Crippen molar-refractivity contribution in [2.24, 2.45) is 0 Å². The molecule has 0 spiro atoms. The van der Waals surface area contributed by atoms with Gasteiger partial charge in [0.2, 0.25) is 0 Å². The van der Waals surface area contributed by atoms with Crippen molar-refractivity contribution in [1.82, 2.24) is 10.6 Å². The molecule has 0 fully saturated rings. The van der Waals surface area contributed by atoms with E-state index in [-0.39, 0.29) is 10.5 Å². The van der Waals surface area contributed by atoms with Crippen molar-refractivity contribution >= 4 is 33.4 Å². The number of nitrogens with zero attached hydrogens (tertiary/aromatic N) is 1. The first-order chi connectivity index (χ1) is 17.5. The molecule has 2 N–H and O–H groups in total. The molecule has 1 aliphatic heterocycles. The number of anilines is 1. The summed E-state index contributed by atoms with van der Waals surface area (Å²) in [6.07, 6.45) is 2.04. The van der Waals surface area contributed by atoms with E-state index in [2.05, 4.69) is 10.6 Å². The number of benzene rings is 3. The summed E-state index contributed by atoms with van der Waals surface area (Å²) < 4.78 is 57.9. The first-order valence-corrected chi connectivity index (χ1v) is 13.3. The molecular weight excluding hydrogens is 496 g/mol. The number of carbonyl (C=O) groups excluding carboxylic acids is 1. The third kappa shape index (κ3) is 5.22. The zero-order valence-electron chi connectivity index (χ0n) is 21.0. The Morgan fingerprint density at radius 3 is 2.38 bits per heavy atom. The number of carbonyl (C=O) groups is 1. The summed E-state index contributed by atoms with van der Waals surface area (Å²) in [6, 6.07) is 14.1. The summed E-state index contributed by atoms with van der Waals surface area (Å²) in [7, 11) is -2.52. The van der Waals surface area contributed by atoms with Gasteiger partial charge in [-0.25, -0.2) is 22.0 Å². The number of allylic oxidation sites excluding steroid dienone is 1. The van der Waals surface area contributed by atoms with E-state index < -0.39 is 39.8 Å². The summed E-state index contributed by atoms with van der Waals surface area (Å²) in [5.41, 5.74) is 2.81. The number of fused-ring (bicyclic) bond motifs is 1. The Morgan fingerprint density at radius 1 is 1.05 bits per heavy atom. The molecule has 3 aromatic rings. The fraction of sp³-hybridized carbons (Fsp3) is 0.250. The molecule has 0 aliphatic carbocycles. The number of hydrogen-bond donors (Lipinski definition) is 2. The van der Waals surface area contributed by atoms with Gasteiger partial charge in [0.05, 0.1) is 22.7 Å². The van der Waals surface area contributed by atoms with E-state index in [0.717, 1.165) is 11.1 Å². The summed E-state index contributed by atoms with van der Waals surface area (Å²) in [5.74, 6) is -1.35. The Bertz CT molecular complexity index is 1470. The minimum atomic E-state index is -4.01. The van der Waals surface area contributed by atoms with Crippen molar-refractivity contribution in [1.29, 1.82) is 0 Å². The second kappa shape index (κ2) is 10.3. The fourth-order valence-electron chi connectivity index (χ4n) is 4.69. The number of nitrogens with one attached hydrogen (secondary N) is 2. The molecule has 0 saturated carbocycles. The number of urea groups is 1. The van der Waals surface area contributed by atoms with E-state index in [1.165, 1.54) is 29.6 Å². The van der Waals surface area contributed by atoms with Gasteiger partial charge in [-0.3, -0.25) is 4.31 Å². The average molecular weight is 526 g/mol. The van der Waals surface area contributed by atoms with Crippen LogP contribution in [0.4, 0.5) is 19.3 Å². The van der Waals surface area contributed by atoms with E-state index in [1.54, 1.807) is 56.3 Å². The molecule has 0 bridgehead atoms. The predicted molar refractivity (Wildman–Crippen MR) is 142 cm³/mol. The van der Waals surface area contributed by atoms with E-state index >= 15 is 0 Å². The third-order valence-corrected chi connectivity index (χ3v) is 8.47. The topological polar surface area (TPSA) is 78.5 Å². The van der Waals surface area contributed by atoms with Gasteiger partial charge in [-0.2, -0.15) is 0 Å². The Kier molecular flexibility index (Phi) is 7.36. The molecular formula is C28H29F2N3O3S. The zero-order chi connectivity index (χ0) is 26.9. The van der Waals surface area contributed by atoms with Crippen molar-refractivity contribution in [3.63, 3.8) is 0 Å². The highest BCUT2D eigenvalue weighted by Crippen LogP contribution is 2.37. The molecule has 1 heterocycles. The normalized spacial score (nSPS) is 17.8. The molecule has 0 radical (unpaired) electrons. The van der Waals surface area contributed by atoms with Crippen molar-refractivity contribution in [3.05, 3.63) is 94.6 Å². The number of amides is 2. The highest BCUT2D eigenvalue weighted by atomic mass is 32.2. The second-order valence-corrected chi connectivity index (χ2v) is 11.0. The largest absolute Gasteiger partial charge is 0.341 e. The second-order valence-electron chi connectivity index (χ2n) is 9.20. The van der Waals surface area contributed by atoms with Crippen LogP contribution in [-0.2, 0) is 16.4 Å². The first-order valence-electron chi connectivity index (χ1n) is 11.9. The number of hydrogen-bond acceptors (Lipinski definition) is 3. The molecule has 0 unspecified atom stereocenters. The summed E-state index contributed by atoms with van der Waals surface area (Å²) >= 11 is 0. The average Bonchev–Trinajstić information content (AvgIpc) is 2.84. The quantitative estimate of drug-likeness (QED) is 0.446. The smallest absolute Gasteiger partial charge is 0.314 e. The SMILES string of the molecule is CNC(=O)N[C@@H]1Cc2ccc(/C=C(\C)c3c(F)cccc3F)cc2N(S(=O)(=O)c2cccc(C)c2)[C@@H]1C. The van der Waals surface area contributed by atoms with Gasteiger partial charge in [0, 0.05) is 12.6 Å². The van der Waals surface area contributed by atoms with Crippen LogP contribution in [0.5, 0.6) is 0 Å². The minimum Gasteiger partial charge on any atom is -0.341 e. The van der Waals surface area contributed by atoms with E-state index in [9.17, 15) is 22.0 Å². The predicted octanol–water partition coefficient (Wildman–Crippen LogP) is 5.27. The van der Waals surface area contributed by atoms with Gasteiger partial charge in [0.25, 0.3) is 10.0 Å². The van der Waals surface area contributed by atoms with Gasteiger partial charge in [0.1, 0.15) is 11.6 Å². The zero-order valence-corrected chi connectivity index (χ0v) is 21.9. The molecule has 194 valence electrons. The Balaban J connectivity index is 1.84. The van der Waals surface area contributed by atoms with Gasteiger partial charge in [-0.1, -0.05) is 36.4 Å². The maximum absolute atomic E-state index is 14.3. The molecule has 6 nitrogen and oxygen atoms in total. The fourth-order valence-corrected chi connectivity index (χ4v) is 6.51. The Labute approximate surface area is 216 Å². The molecule has 1 aliphatic rings. The van der Waals surface area contributed by atoms with Crippen LogP contribution in [0.3, 0.4) is 0 Å². The maximum atomic E-state index is 14.3. The number of sulfonamides is 1. The highest BCUT2D eigenvalue weighted by Gasteiger charge is 2.39. The van der Waals surface area contributed by atoms with Gasteiger partial charge >= 0.3 is 6.03 Å². The Morgan fingerprint density at radius 2 is 1.73 bits per heavy atom. The molecule has 2 atom stereocenters. The summed E-state index contributed by atoms with van der Waals surface area (Å²) in [4.78, 5) is 12.3. The monoisotopic (exact) mass is 525 g/mol. The third-order valence-electron chi connectivity index (χ3n) is 6.57. The van der Waals surface area contributed by atoms with Crippen LogP contribution in [0.2, 0.25) is 0 Å². The molecule has 2 amide bonds. The van der Waals surface area contributed by atoms with Crippen LogP contribution in [0.25, 0.3) is 11.6 Å². The van der Waals surface area contributed by atoms with Crippen LogP contribution < -0.4 is 14.9 Å². The lowest BCUT2D eigenvalue weighted by molar-refractivity contribution is 0.236. The van der Waals surface area contributed by atoms with Crippen LogP contribution in [0, 0.1) is 18.6 Å². The minimum absolute atomic E-state index is 0.132. The molecule has 0 saturated heterocycles. The van der Waals surface area contributed by atoms with Crippen molar-refractivity contribution in [3.8, 4) is 0 Å². The number of rotatable bonds is 5. The summed E-state index contributed by atoms with van der Waals surface area (Å²) in [6.45, 7) is 5.17. The van der Waals surface area contributed by atoms with Crippen LogP contribution in [0.1, 0.15) is 36.1 Å². The van der Waals surface area contributed by atoms with Crippen molar-refractivity contribution in [2.45, 2.75) is 44.2 Å².